The van der Waals surface area contributed by atoms with E-state index in [1.54, 1.807) is 25.3 Å². The van der Waals surface area contributed by atoms with Crippen LogP contribution in [0.25, 0.3) is 0 Å². The largest absolute Gasteiger partial charge is 0.497 e. The van der Waals surface area contributed by atoms with Crippen LogP contribution in [0.3, 0.4) is 0 Å². The summed E-state index contributed by atoms with van der Waals surface area (Å²) in [5.74, 6) is 0.833. The third-order valence-corrected chi connectivity index (χ3v) is 3.88. The molecule has 0 aliphatic carbocycles. The van der Waals surface area contributed by atoms with E-state index in [-0.39, 0.29) is 5.91 Å². The second-order valence-electron chi connectivity index (χ2n) is 5.28. The van der Waals surface area contributed by atoms with Gasteiger partial charge in [-0.1, -0.05) is 35.3 Å². The van der Waals surface area contributed by atoms with E-state index in [0.29, 0.717) is 29.6 Å². The van der Waals surface area contributed by atoms with Gasteiger partial charge in [0, 0.05) is 35.2 Å². The van der Waals surface area contributed by atoms with Gasteiger partial charge in [0.25, 0.3) is 0 Å². The summed E-state index contributed by atoms with van der Waals surface area (Å²) < 4.78 is 5.11. The van der Waals surface area contributed by atoms with Crippen molar-refractivity contribution in [2.45, 2.75) is 12.8 Å². The molecular formula is C18H20Cl2N2O2. The maximum atomic E-state index is 11.8. The molecule has 0 bridgehead atoms. The lowest BCUT2D eigenvalue weighted by molar-refractivity contribution is -0.120. The van der Waals surface area contributed by atoms with Gasteiger partial charge in [-0.15, -0.1) is 0 Å². The Morgan fingerprint density at radius 2 is 1.71 bits per heavy atom. The van der Waals surface area contributed by atoms with Crippen LogP contribution in [0, 0.1) is 0 Å². The van der Waals surface area contributed by atoms with E-state index in [4.69, 9.17) is 27.9 Å². The molecule has 0 aliphatic rings. The Hall–Kier alpha value is -1.91. The number of amides is 1. The Balaban J connectivity index is 1.65. The number of hydrogen-bond acceptors (Lipinski definition) is 3. The average Bonchev–Trinajstić information content (AvgIpc) is 2.54. The zero-order valence-corrected chi connectivity index (χ0v) is 15.0. The van der Waals surface area contributed by atoms with Crippen LogP contribution in [0.2, 0.25) is 10.0 Å². The predicted molar refractivity (Wildman–Crippen MR) is 99.3 cm³/mol. The normalized spacial score (nSPS) is 10.3. The van der Waals surface area contributed by atoms with Gasteiger partial charge in [-0.2, -0.15) is 0 Å². The van der Waals surface area contributed by atoms with Gasteiger partial charge in [-0.05, 0) is 42.3 Å². The molecular weight excluding hydrogens is 347 g/mol. The van der Waals surface area contributed by atoms with E-state index < -0.39 is 0 Å². The maximum Gasteiger partial charge on any atom is 0.221 e. The van der Waals surface area contributed by atoms with Crippen molar-refractivity contribution in [2.75, 3.05) is 25.5 Å². The van der Waals surface area contributed by atoms with Crippen molar-refractivity contribution in [2.24, 2.45) is 0 Å². The van der Waals surface area contributed by atoms with Crippen molar-refractivity contribution in [1.82, 2.24) is 5.32 Å². The van der Waals surface area contributed by atoms with Crippen molar-refractivity contribution in [3.05, 3.63) is 58.1 Å². The van der Waals surface area contributed by atoms with Crippen molar-refractivity contribution in [1.29, 1.82) is 0 Å². The fraction of sp³-hybridized carbons (Fsp3) is 0.278. The van der Waals surface area contributed by atoms with Crippen LogP contribution in [0.15, 0.2) is 42.5 Å². The quantitative estimate of drug-likeness (QED) is 0.737. The van der Waals surface area contributed by atoms with Crippen molar-refractivity contribution in [3.63, 3.8) is 0 Å². The monoisotopic (exact) mass is 366 g/mol. The summed E-state index contributed by atoms with van der Waals surface area (Å²) in [6, 6.07) is 13.0. The van der Waals surface area contributed by atoms with Gasteiger partial charge < -0.3 is 15.4 Å². The summed E-state index contributed by atoms with van der Waals surface area (Å²) in [6.45, 7) is 1.12. The van der Waals surface area contributed by atoms with Crippen LogP contribution >= 0.6 is 23.2 Å². The molecule has 2 aromatic carbocycles. The second kappa shape index (κ2) is 9.40. The minimum absolute atomic E-state index is 0.00383. The first-order valence-electron chi connectivity index (χ1n) is 7.66. The van der Waals surface area contributed by atoms with Crippen LogP contribution in [0.1, 0.15) is 12.0 Å². The number of ether oxygens (including phenoxy) is 1. The summed E-state index contributed by atoms with van der Waals surface area (Å²) in [6.07, 6.45) is 1.17. The number of nitrogens with one attached hydrogen (secondary N) is 2. The molecule has 4 nitrogen and oxygen atoms in total. The molecule has 0 saturated heterocycles. The van der Waals surface area contributed by atoms with Crippen molar-refractivity contribution in [3.8, 4) is 5.75 Å². The zero-order chi connectivity index (χ0) is 17.4. The van der Waals surface area contributed by atoms with Crippen LogP contribution < -0.4 is 15.4 Å². The molecule has 24 heavy (non-hydrogen) atoms. The highest BCUT2D eigenvalue weighted by Crippen LogP contribution is 2.22. The molecule has 0 fully saturated rings. The van der Waals surface area contributed by atoms with Crippen LogP contribution in [0.4, 0.5) is 5.69 Å². The molecule has 2 aromatic rings. The number of methoxy groups -OCH3 is 1. The van der Waals surface area contributed by atoms with Gasteiger partial charge in [-0.3, -0.25) is 4.79 Å². The molecule has 0 aromatic heterocycles. The SMILES string of the molecule is COc1ccc(CCNC(=O)CCNc2cc(Cl)cc(Cl)c2)cc1. The molecule has 0 aliphatic heterocycles. The van der Waals surface area contributed by atoms with Crippen molar-refractivity contribution >= 4 is 34.8 Å². The third kappa shape index (κ3) is 6.30. The number of halogens is 2. The van der Waals surface area contributed by atoms with Gasteiger partial charge >= 0.3 is 0 Å². The molecule has 0 atom stereocenters. The molecule has 2 N–H and O–H groups in total. The van der Waals surface area contributed by atoms with E-state index in [1.807, 2.05) is 24.3 Å². The highest BCUT2D eigenvalue weighted by molar-refractivity contribution is 6.35. The molecule has 0 spiro atoms. The van der Waals surface area contributed by atoms with Gasteiger partial charge in [0.1, 0.15) is 5.75 Å². The standard InChI is InChI=1S/C18H20Cl2N2O2/c1-24-17-4-2-13(3-5-17)6-8-22-18(23)7-9-21-16-11-14(19)10-15(20)12-16/h2-5,10-12,21H,6-9H2,1H3,(H,22,23). The number of anilines is 1. The Morgan fingerprint density at radius 3 is 2.33 bits per heavy atom. The molecule has 0 unspecified atom stereocenters. The highest BCUT2D eigenvalue weighted by atomic mass is 35.5. The number of carbonyl (C=O) groups is 1. The zero-order valence-electron chi connectivity index (χ0n) is 13.4. The highest BCUT2D eigenvalue weighted by Gasteiger charge is 2.03. The lowest BCUT2D eigenvalue weighted by Crippen LogP contribution is -2.27. The third-order valence-electron chi connectivity index (χ3n) is 3.44. The number of hydrogen-bond donors (Lipinski definition) is 2. The summed E-state index contributed by atoms with van der Waals surface area (Å²) in [5, 5.41) is 7.17. The van der Waals surface area contributed by atoms with Gasteiger partial charge in [0.15, 0.2) is 0 Å². The molecule has 0 heterocycles. The summed E-state index contributed by atoms with van der Waals surface area (Å²) in [7, 11) is 1.64. The molecule has 128 valence electrons. The Bertz CT molecular complexity index is 655. The second-order valence-corrected chi connectivity index (χ2v) is 6.16. The van der Waals surface area contributed by atoms with Crippen LogP contribution in [0.5, 0.6) is 5.75 Å². The molecule has 0 radical (unpaired) electrons. The van der Waals surface area contributed by atoms with E-state index in [2.05, 4.69) is 10.6 Å². The average molecular weight is 367 g/mol. The van der Waals surface area contributed by atoms with Crippen LogP contribution in [-0.4, -0.2) is 26.1 Å². The minimum atomic E-state index is 0.00383. The Kier molecular flexibility index (Phi) is 7.22. The first-order valence-corrected chi connectivity index (χ1v) is 8.42. The predicted octanol–water partition coefficient (Wildman–Crippen LogP) is 4.16. The maximum absolute atomic E-state index is 11.8. The van der Waals surface area contributed by atoms with E-state index in [9.17, 15) is 4.79 Å². The van der Waals surface area contributed by atoms with E-state index >= 15 is 0 Å². The van der Waals surface area contributed by atoms with Crippen LogP contribution in [-0.2, 0) is 11.2 Å². The van der Waals surface area contributed by atoms with Crippen molar-refractivity contribution < 1.29 is 9.53 Å². The van der Waals surface area contributed by atoms with E-state index in [1.165, 1.54) is 0 Å². The first-order chi connectivity index (χ1) is 11.6. The molecule has 6 heteroatoms. The number of benzene rings is 2. The Morgan fingerprint density at radius 1 is 1.04 bits per heavy atom. The number of rotatable bonds is 8. The molecule has 2 rings (SSSR count). The minimum Gasteiger partial charge on any atom is -0.497 e. The van der Waals surface area contributed by atoms with Gasteiger partial charge in [0.05, 0.1) is 7.11 Å². The van der Waals surface area contributed by atoms with Gasteiger partial charge in [-0.25, -0.2) is 0 Å². The Labute approximate surface area is 152 Å². The summed E-state index contributed by atoms with van der Waals surface area (Å²) >= 11 is 11.9. The summed E-state index contributed by atoms with van der Waals surface area (Å²) in [5.41, 5.74) is 1.96. The molecule has 1 amide bonds. The number of carbonyl (C=O) groups excluding carboxylic acids is 1. The lowest BCUT2D eigenvalue weighted by atomic mass is 10.1. The molecule has 0 saturated carbocycles. The fourth-order valence-electron chi connectivity index (χ4n) is 2.20. The lowest BCUT2D eigenvalue weighted by Gasteiger charge is -2.09. The topological polar surface area (TPSA) is 50.4 Å². The smallest absolute Gasteiger partial charge is 0.221 e. The fourth-order valence-corrected chi connectivity index (χ4v) is 2.73. The first kappa shape index (κ1) is 18.4. The van der Waals surface area contributed by atoms with Gasteiger partial charge in [0.2, 0.25) is 5.91 Å². The summed E-state index contributed by atoms with van der Waals surface area (Å²) in [4.78, 5) is 11.8. The van der Waals surface area contributed by atoms with E-state index in [0.717, 1.165) is 23.4 Å².